The summed E-state index contributed by atoms with van der Waals surface area (Å²) >= 11 is 1.42. The lowest BCUT2D eigenvalue weighted by Crippen LogP contribution is -2.10. The molecule has 3 aromatic rings. The van der Waals surface area contributed by atoms with Crippen molar-refractivity contribution in [3.63, 3.8) is 0 Å². The summed E-state index contributed by atoms with van der Waals surface area (Å²) in [5, 5.41) is 12.1. The number of aromatic nitrogens is 3. The lowest BCUT2D eigenvalue weighted by molar-refractivity contribution is -0.141. The molecule has 0 radical (unpaired) electrons. The van der Waals surface area contributed by atoms with Gasteiger partial charge in [-0.3, -0.25) is 0 Å². The van der Waals surface area contributed by atoms with Crippen molar-refractivity contribution < 1.29 is 17.6 Å². The second-order valence-electron chi connectivity index (χ2n) is 4.28. The van der Waals surface area contributed by atoms with Crippen molar-refractivity contribution in [2.45, 2.75) is 12.7 Å². The van der Waals surface area contributed by atoms with Gasteiger partial charge in [-0.2, -0.15) is 13.2 Å². The van der Waals surface area contributed by atoms with Crippen LogP contribution < -0.4 is 5.32 Å². The second kappa shape index (κ2) is 5.76. The van der Waals surface area contributed by atoms with Crippen molar-refractivity contribution in [2.24, 2.45) is 0 Å². The van der Waals surface area contributed by atoms with Gasteiger partial charge in [0.15, 0.2) is 16.5 Å². The third kappa shape index (κ3) is 3.25. The van der Waals surface area contributed by atoms with Gasteiger partial charge < -0.3 is 9.73 Å². The van der Waals surface area contributed by atoms with E-state index in [1.807, 2.05) is 5.38 Å². The SMILES string of the molecule is FC(F)(F)c1ccc(NCc2csc(-c3ccco3)n2)nn1. The number of hydrogen-bond acceptors (Lipinski definition) is 6. The number of nitrogens with zero attached hydrogens (tertiary/aromatic N) is 3. The number of anilines is 1. The first-order chi connectivity index (χ1) is 10.5. The molecule has 0 aromatic carbocycles. The fraction of sp³-hybridized carbons (Fsp3) is 0.154. The molecule has 1 N–H and O–H groups in total. The molecule has 22 heavy (non-hydrogen) atoms. The van der Waals surface area contributed by atoms with Crippen LogP contribution in [0.3, 0.4) is 0 Å². The molecule has 0 saturated heterocycles. The van der Waals surface area contributed by atoms with E-state index in [4.69, 9.17) is 4.42 Å². The summed E-state index contributed by atoms with van der Waals surface area (Å²) in [6.07, 6.45) is -2.93. The zero-order chi connectivity index (χ0) is 15.6. The monoisotopic (exact) mass is 326 g/mol. The number of halogens is 3. The van der Waals surface area contributed by atoms with Crippen LogP contribution in [0.15, 0.2) is 40.3 Å². The van der Waals surface area contributed by atoms with Crippen molar-refractivity contribution in [1.82, 2.24) is 15.2 Å². The van der Waals surface area contributed by atoms with E-state index in [0.717, 1.165) is 16.8 Å². The Morgan fingerprint density at radius 2 is 2.05 bits per heavy atom. The van der Waals surface area contributed by atoms with Crippen LogP contribution in [-0.4, -0.2) is 15.2 Å². The predicted molar refractivity (Wildman–Crippen MR) is 74.2 cm³/mol. The minimum Gasteiger partial charge on any atom is -0.462 e. The minimum atomic E-state index is -4.49. The average molecular weight is 326 g/mol. The maximum absolute atomic E-state index is 12.4. The van der Waals surface area contributed by atoms with Gasteiger partial charge in [0.2, 0.25) is 0 Å². The molecule has 0 atom stereocenters. The molecule has 0 aliphatic rings. The number of furan rings is 1. The van der Waals surface area contributed by atoms with Gasteiger partial charge in [0.25, 0.3) is 0 Å². The normalized spacial score (nSPS) is 11.6. The number of rotatable bonds is 4. The molecular weight excluding hydrogens is 317 g/mol. The van der Waals surface area contributed by atoms with Gasteiger partial charge in [-0.25, -0.2) is 4.98 Å². The van der Waals surface area contributed by atoms with Crippen LogP contribution in [0.4, 0.5) is 19.0 Å². The second-order valence-corrected chi connectivity index (χ2v) is 5.13. The first-order valence-electron chi connectivity index (χ1n) is 6.15. The summed E-state index contributed by atoms with van der Waals surface area (Å²) in [4.78, 5) is 4.36. The molecule has 5 nitrogen and oxygen atoms in total. The van der Waals surface area contributed by atoms with Crippen molar-refractivity contribution in [3.05, 3.63) is 47.3 Å². The highest BCUT2D eigenvalue weighted by Crippen LogP contribution is 2.27. The molecule has 3 rings (SSSR count). The molecule has 9 heteroatoms. The Kier molecular flexibility index (Phi) is 3.80. The van der Waals surface area contributed by atoms with Crippen LogP contribution in [0.5, 0.6) is 0 Å². The summed E-state index contributed by atoms with van der Waals surface area (Å²) in [7, 11) is 0. The van der Waals surface area contributed by atoms with Gasteiger partial charge in [0, 0.05) is 5.38 Å². The number of nitrogens with one attached hydrogen (secondary N) is 1. The van der Waals surface area contributed by atoms with E-state index < -0.39 is 11.9 Å². The molecule has 114 valence electrons. The zero-order valence-electron chi connectivity index (χ0n) is 11.0. The summed E-state index contributed by atoms with van der Waals surface area (Å²) in [5.41, 5.74) is -0.287. The van der Waals surface area contributed by atoms with Gasteiger partial charge >= 0.3 is 6.18 Å². The first kappa shape index (κ1) is 14.5. The molecule has 0 spiro atoms. The molecule has 0 aliphatic carbocycles. The highest BCUT2D eigenvalue weighted by Gasteiger charge is 2.32. The minimum absolute atomic E-state index is 0.251. The Labute approximate surface area is 126 Å². The average Bonchev–Trinajstić information content (AvgIpc) is 3.15. The molecule has 0 unspecified atom stereocenters. The van der Waals surface area contributed by atoms with Crippen LogP contribution in [0.25, 0.3) is 10.8 Å². The fourth-order valence-corrected chi connectivity index (χ4v) is 2.45. The van der Waals surface area contributed by atoms with Crippen LogP contribution in [-0.2, 0) is 12.7 Å². The van der Waals surface area contributed by atoms with Gasteiger partial charge in [-0.05, 0) is 24.3 Å². The van der Waals surface area contributed by atoms with E-state index in [2.05, 4.69) is 20.5 Å². The number of hydrogen-bond donors (Lipinski definition) is 1. The maximum Gasteiger partial charge on any atom is 0.435 e. The molecule has 0 amide bonds. The quantitative estimate of drug-likeness (QED) is 0.789. The standard InChI is InChI=1S/C13H9F3N4OS/c14-13(15,16)10-3-4-11(20-19-10)17-6-8-7-22-12(18-8)9-2-1-5-21-9/h1-5,7H,6H2,(H,17,20). The van der Waals surface area contributed by atoms with Crippen LogP contribution in [0, 0.1) is 0 Å². The Morgan fingerprint density at radius 3 is 2.68 bits per heavy atom. The van der Waals surface area contributed by atoms with Gasteiger partial charge in [0.05, 0.1) is 18.5 Å². The van der Waals surface area contributed by atoms with E-state index in [0.29, 0.717) is 12.3 Å². The zero-order valence-corrected chi connectivity index (χ0v) is 11.8. The predicted octanol–water partition coefficient (Wildman–Crippen LogP) is 3.82. The van der Waals surface area contributed by atoms with Crippen molar-refractivity contribution >= 4 is 17.2 Å². The highest BCUT2D eigenvalue weighted by atomic mass is 32.1. The Bertz CT molecular complexity index is 737. The molecule has 3 aromatic heterocycles. The van der Waals surface area contributed by atoms with Crippen molar-refractivity contribution in [3.8, 4) is 10.8 Å². The maximum atomic E-state index is 12.4. The third-order valence-electron chi connectivity index (χ3n) is 2.69. The van der Waals surface area contributed by atoms with E-state index in [1.165, 1.54) is 17.4 Å². The molecule has 0 bridgehead atoms. The van der Waals surface area contributed by atoms with Crippen LogP contribution in [0.1, 0.15) is 11.4 Å². The molecule has 0 fully saturated rings. The third-order valence-corrected chi connectivity index (χ3v) is 3.59. The van der Waals surface area contributed by atoms with E-state index >= 15 is 0 Å². The topological polar surface area (TPSA) is 63.8 Å². The molecule has 0 saturated carbocycles. The Balaban J connectivity index is 1.63. The lowest BCUT2D eigenvalue weighted by Gasteiger charge is -2.06. The van der Waals surface area contributed by atoms with Crippen LogP contribution >= 0.6 is 11.3 Å². The van der Waals surface area contributed by atoms with E-state index in [1.54, 1.807) is 18.4 Å². The Morgan fingerprint density at radius 1 is 1.18 bits per heavy atom. The molecule has 0 aliphatic heterocycles. The number of alkyl halides is 3. The summed E-state index contributed by atoms with van der Waals surface area (Å²) in [6, 6.07) is 5.68. The van der Waals surface area contributed by atoms with Gasteiger partial charge in [0.1, 0.15) is 5.82 Å². The summed E-state index contributed by atoms with van der Waals surface area (Å²) in [6.45, 7) is 0.331. The molecule has 3 heterocycles. The lowest BCUT2D eigenvalue weighted by atomic mass is 10.3. The van der Waals surface area contributed by atoms with Crippen LogP contribution in [0.2, 0.25) is 0 Å². The van der Waals surface area contributed by atoms with Crippen molar-refractivity contribution in [1.29, 1.82) is 0 Å². The summed E-state index contributed by atoms with van der Waals surface area (Å²) in [5.74, 6) is 0.922. The van der Waals surface area contributed by atoms with E-state index in [-0.39, 0.29) is 5.82 Å². The highest BCUT2D eigenvalue weighted by molar-refractivity contribution is 7.13. The largest absolute Gasteiger partial charge is 0.462 e. The smallest absolute Gasteiger partial charge is 0.435 e. The van der Waals surface area contributed by atoms with Crippen molar-refractivity contribution in [2.75, 3.05) is 5.32 Å². The number of thiazole rings is 1. The van der Waals surface area contributed by atoms with Gasteiger partial charge in [-0.1, -0.05) is 0 Å². The van der Waals surface area contributed by atoms with E-state index in [9.17, 15) is 13.2 Å². The fourth-order valence-electron chi connectivity index (χ4n) is 1.66. The van der Waals surface area contributed by atoms with Gasteiger partial charge in [-0.15, -0.1) is 21.5 Å². The molecular formula is C13H9F3N4OS. The summed E-state index contributed by atoms with van der Waals surface area (Å²) < 4.78 is 42.3. The first-order valence-corrected chi connectivity index (χ1v) is 7.03. The Hall–Kier alpha value is -2.42.